The molecule has 0 saturated carbocycles. The van der Waals surface area contributed by atoms with Crippen molar-refractivity contribution in [3.8, 4) is 0 Å². The lowest BCUT2D eigenvalue weighted by molar-refractivity contribution is -0.125. The monoisotopic (exact) mass is 287 g/mol. The summed E-state index contributed by atoms with van der Waals surface area (Å²) in [5, 5.41) is 6.52. The van der Waals surface area contributed by atoms with E-state index in [1.165, 1.54) is 12.0 Å². The molecule has 2 fully saturated rings. The molecule has 21 heavy (non-hydrogen) atoms. The predicted octanol–water partition coefficient (Wildman–Crippen LogP) is 1.38. The number of benzene rings is 1. The highest BCUT2D eigenvalue weighted by Gasteiger charge is 2.26. The Bertz CT molecular complexity index is 456. The van der Waals surface area contributed by atoms with Gasteiger partial charge in [0.15, 0.2) is 0 Å². The molecule has 2 aliphatic rings. The summed E-state index contributed by atoms with van der Waals surface area (Å²) >= 11 is 0. The van der Waals surface area contributed by atoms with E-state index in [1.807, 2.05) is 0 Å². The minimum Gasteiger partial charge on any atom is -0.352 e. The molecule has 1 aromatic carbocycles. The second-order valence-electron chi connectivity index (χ2n) is 6.26. The number of nitrogens with zero attached hydrogens (tertiary/aromatic N) is 1. The highest BCUT2D eigenvalue weighted by molar-refractivity contribution is 5.79. The maximum absolute atomic E-state index is 12.2. The molecule has 2 heterocycles. The van der Waals surface area contributed by atoms with Crippen LogP contribution in [-0.2, 0) is 11.3 Å². The van der Waals surface area contributed by atoms with Crippen molar-refractivity contribution in [2.75, 3.05) is 26.2 Å². The van der Waals surface area contributed by atoms with Crippen molar-refractivity contribution in [2.24, 2.45) is 5.92 Å². The van der Waals surface area contributed by atoms with Crippen LogP contribution in [-0.4, -0.2) is 43.0 Å². The number of likely N-dealkylation sites (tertiary alicyclic amines) is 1. The third-order valence-corrected chi connectivity index (χ3v) is 4.53. The Hall–Kier alpha value is -1.39. The average molecular weight is 287 g/mol. The van der Waals surface area contributed by atoms with Gasteiger partial charge in [0.05, 0.1) is 5.92 Å². The van der Waals surface area contributed by atoms with E-state index in [4.69, 9.17) is 0 Å². The molecule has 114 valence electrons. The molecule has 0 aromatic heterocycles. The zero-order valence-corrected chi connectivity index (χ0v) is 12.6. The van der Waals surface area contributed by atoms with Crippen molar-refractivity contribution >= 4 is 5.91 Å². The highest BCUT2D eigenvalue weighted by atomic mass is 16.2. The van der Waals surface area contributed by atoms with Crippen molar-refractivity contribution in [1.29, 1.82) is 0 Å². The van der Waals surface area contributed by atoms with E-state index in [9.17, 15) is 4.79 Å². The van der Waals surface area contributed by atoms with E-state index >= 15 is 0 Å². The Labute approximate surface area is 126 Å². The summed E-state index contributed by atoms with van der Waals surface area (Å²) < 4.78 is 0. The first-order chi connectivity index (χ1) is 10.3. The quantitative estimate of drug-likeness (QED) is 0.879. The van der Waals surface area contributed by atoms with Crippen molar-refractivity contribution in [1.82, 2.24) is 15.5 Å². The smallest absolute Gasteiger partial charge is 0.224 e. The molecule has 4 heteroatoms. The zero-order chi connectivity index (χ0) is 14.5. The van der Waals surface area contributed by atoms with Gasteiger partial charge in [0, 0.05) is 25.7 Å². The number of amides is 1. The van der Waals surface area contributed by atoms with E-state index in [0.29, 0.717) is 6.04 Å². The fourth-order valence-corrected chi connectivity index (χ4v) is 3.36. The van der Waals surface area contributed by atoms with Gasteiger partial charge in [-0.1, -0.05) is 30.3 Å². The summed E-state index contributed by atoms with van der Waals surface area (Å²) in [6.45, 7) is 4.90. The number of carbonyl (C=O) groups excluding carboxylic acids is 1. The van der Waals surface area contributed by atoms with Gasteiger partial charge in [-0.05, 0) is 37.9 Å². The summed E-state index contributed by atoms with van der Waals surface area (Å²) in [4.78, 5) is 14.7. The molecule has 0 bridgehead atoms. The standard InChI is InChI=1S/C17H25N3O/c21-17(15-8-9-18-11-15)19-16-7-4-10-20(13-16)12-14-5-2-1-3-6-14/h1-3,5-6,15-16,18H,4,7-13H2,(H,19,21). The third kappa shape index (κ3) is 4.05. The Morgan fingerprint density at radius 1 is 1.29 bits per heavy atom. The van der Waals surface area contributed by atoms with E-state index in [0.717, 1.165) is 45.6 Å². The van der Waals surface area contributed by atoms with Crippen LogP contribution in [0.4, 0.5) is 0 Å². The third-order valence-electron chi connectivity index (χ3n) is 4.53. The minimum atomic E-state index is 0.175. The van der Waals surface area contributed by atoms with Crippen molar-refractivity contribution in [3.63, 3.8) is 0 Å². The van der Waals surface area contributed by atoms with Crippen LogP contribution in [0.25, 0.3) is 0 Å². The number of carbonyl (C=O) groups is 1. The van der Waals surface area contributed by atoms with Crippen LogP contribution in [0.3, 0.4) is 0 Å². The fourth-order valence-electron chi connectivity index (χ4n) is 3.36. The Morgan fingerprint density at radius 2 is 2.14 bits per heavy atom. The van der Waals surface area contributed by atoms with Crippen LogP contribution in [0.5, 0.6) is 0 Å². The van der Waals surface area contributed by atoms with Gasteiger partial charge in [-0.25, -0.2) is 0 Å². The second kappa shape index (κ2) is 7.05. The molecule has 1 aromatic rings. The SMILES string of the molecule is O=C(NC1CCCN(Cc2ccccc2)C1)C1CCNC1. The summed E-state index contributed by atoms with van der Waals surface area (Å²) in [5.74, 6) is 0.418. The van der Waals surface area contributed by atoms with Crippen LogP contribution in [0.1, 0.15) is 24.8 Å². The van der Waals surface area contributed by atoms with Gasteiger partial charge in [-0.15, -0.1) is 0 Å². The molecular weight excluding hydrogens is 262 g/mol. The Morgan fingerprint density at radius 3 is 2.90 bits per heavy atom. The Kier molecular flexibility index (Phi) is 4.88. The Balaban J connectivity index is 1.49. The van der Waals surface area contributed by atoms with Crippen LogP contribution in [0, 0.1) is 5.92 Å². The largest absolute Gasteiger partial charge is 0.352 e. The zero-order valence-electron chi connectivity index (χ0n) is 12.6. The molecule has 1 amide bonds. The number of piperidine rings is 1. The molecule has 0 aliphatic carbocycles. The fraction of sp³-hybridized carbons (Fsp3) is 0.588. The van der Waals surface area contributed by atoms with Crippen LogP contribution < -0.4 is 10.6 Å². The maximum atomic E-state index is 12.2. The van der Waals surface area contributed by atoms with E-state index in [1.54, 1.807) is 0 Å². The molecule has 4 nitrogen and oxygen atoms in total. The molecule has 3 rings (SSSR count). The molecular formula is C17H25N3O. The van der Waals surface area contributed by atoms with Gasteiger partial charge in [-0.2, -0.15) is 0 Å². The molecule has 2 saturated heterocycles. The average Bonchev–Trinajstić information content (AvgIpc) is 3.03. The first-order valence-electron chi connectivity index (χ1n) is 8.08. The molecule has 0 spiro atoms. The maximum Gasteiger partial charge on any atom is 0.224 e. The molecule has 2 unspecified atom stereocenters. The van der Waals surface area contributed by atoms with Gasteiger partial charge >= 0.3 is 0 Å². The van der Waals surface area contributed by atoms with Crippen molar-refractivity contribution in [3.05, 3.63) is 35.9 Å². The van der Waals surface area contributed by atoms with Crippen LogP contribution in [0.15, 0.2) is 30.3 Å². The number of hydrogen-bond acceptors (Lipinski definition) is 3. The summed E-state index contributed by atoms with van der Waals surface area (Å²) in [7, 11) is 0. The lowest BCUT2D eigenvalue weighted by Crippen LogP contribution is -2.49. The molecule has 2 aliphatic heterocycles. The molecule has 2 atom stereocenters. The predicted molar refractivity (Wildman–Crippen MR) is 83.9 cm³/mol. The van der Waals surface area contributed by atoms with Crippen LogP contribution >= 0.6 is 0 Å². The first-order valence-corrected chi connectivity index (χ1v) is 8.08. The van der Waals surface area contributed by atoms with Crippen LogP contribution in [0.2, 0.25) is 0 Å². The summed E-state index contributed by atoms with van der Waals surface area (Å²) in [5.41, 5.74) is 1.35. The van der Waals surface area contributed by atoms with Gasteiger partial charge in [0.2, 0.25) is 5.91 Å². The lowest BCUT2D eigenvalue weighted by Gasteiger charge is -2.33. The number of rotatable bonds is 4. The van der Waals surface area contributed by atoms with E-state index < -0.39 is 0 Å². The normalized spacial score (nSPS) is 26.7. The van der Waals surface area contributed by atoms with E-state index in [-0.39, 0.29) is 11.8 Å². The second-order valence-corrected chi connectivity index (χ2v) is 6.26. The topological polar surface area (TPSA) is 44.4 Å². The van der Waals surface area contributed by atoms with Gasteiger partial charge in [-0.3, -0.25) is 9.69 Å². The van der Waals surface area contributed by atoms with E-state index in [2.05, 4.69) is 45.9 Å². The van der Waals surface area contributed by atoms with Gasteiger partial charge < -0.3 is 10.6 Å². The van der Waals surface area contributed by atoms with Gasteiger partial charge in [0.25, 0.3) is 0 Å². The molecule has 0 radical (unpaired) electrons. The van der Waals surface area contributed by atoms with Gasteiger partial charge in [0.1, 0.15) is 0 Å². The van der Waals surface area contributed by atoms with Crippen molar-refractivity contribution in [2.45, 2.75) is 31.8 Å². The number of nitrogens with one attached hydrogen (secondary N) is 2. The van der Waals surface area contributed by atoms with Crippen molar-refractivity contribution < 1.29 is 4.79 Å². The number of hydrogen-bond donors (Lipinski definition) is 2. The molecule has 2 N–H and O–H groups in total. The summed E-state index contributed by atoms with van der Waals surface area (Å²) in [6.07, 6.45) is 3.25. The first kappa shape index (κ1) is 14.5. The summed E-state index contributed by atoms with van der Waals surface area (Å²) in [6, 6.07) is 10.9. The highest BCUT2D eigenvalue weighted by Crippen LogP contribution is 2.15. The lowest BCUT2D eigenvalue weighted by atomic mass is 10.0. The minimum absolute atomic E-state index is 0.175.